The molecule has 0 fully saturated rings. The van der Waals surface area contributed by atoms with Crippen LogP contribution in [0.5, 0.6) is 0 Å². The molecule has 90 valence electrons. The number of aliphatic hydroxyl groups is 1. The SMILES string of the molecule is COCc1cc(CBr)cc(C(C)O)c1CN. The molecule has 0 spiro atoms. The first-order valence-corrected chi connectivity index (χ1v) is 6.33. The number of benzene rings is 1. The van der Waals surface area contributed by atoms with Gasteiger partial charge in [0.2, 0.25) is 0 Å². The lowest BCUT2D eigenvalue weighted by Crippen LogP contribution is -2.10. The lowest BCUT2D eigenvalue weighted by Gasteiger charge is -2.17. The van der Waals surface area contributed by atoms with E-state index in [0.29, 0.717) is 13.2 Å². The highest BCUT2D eigenvalue weighted by molar-refractivity contribution is 9.08. The number of alkyl halides is 1. The smallest absolute Gasteiger partial charge is 0.0765 e. The van der Waals surface area contributed by atoms with E-state index in [9.17, 15) is 5.11 Å². The number of aliphatic hydroxyl groups excluding tert-OH is 1. The molecule has 0 radical (unpaired) electrons. The highest BCUT2D eigenvalue weighted by Crippen LogP contribution is 2.25. The summed E-state index contributed by atoms with van der Waals surface area (Å²) in [5, 5.41) is 10.5. The minimum Gasteiger partial charge on any atom is -0.389 e. The van der Waals surface area contributed by atoms with Crippen LogP contribution >= 0.6 is 15.9 Å². The molecule has 1 unspecified atom stereocenters. The Kier molecular flexibility index (Phi) is 5.41. The Morgan fingerprint density at radius 1 is 1.50 bits per heavy atom. The molecular weight excluding hydrogens is 270 g/mol. The fraction of sp³-hybridized carbons (Fsp3) is 0.500. The summed E-state index contributed by atoms with van der Waals surface area (Å²) < 4.78 is 5.15. The van der Waals surface area contributed by atoms with Crippen LogP contribution in [0.25, 0.3) is 0 Å². The van der Waals surface area contributed by atoms with Crippen LogP contribution in [-0.4, -0.2) is 12.2 Å². The zero-order valence-corrected chi connectivity index (χ0v) is 11.3. The summed E-state index contributed by atoms with van der Waals surface area (Å²) in [6, 6.07) is 4.05. The van der Waals surface area contributed by atoms with Crippen molar-refractivity contribution < 1.29 is 9.84 Å². The van der Waals surface area contributed by atoms with Gasteiger partial charge in [0.15, 0.2) is 0 Å². The molecule has 0 saturated heterocycles. The quantitative estimate of drug-likeness (QED) is 0.817. The van der Waals surface area contributed by atoms with Crippen molar-refractivity contribution in [1.29, 1.82) is 0 Å². The molecular formula is C12H18BrNO2. The summed E-state index contributed by atoms with van der Waals surface area (Å²) in [6.45, 7) is 2.69. The lowest BCUT2D eigenvalue weighted by atomic mass is 9.95. The molecule has 0 aliphatic carbocycles. The van der Waals surface area contributed by atoms with Crippen LogP contribution in [0, 0.1) is 0 Å². The largest absolute Gasteiger partial charge is 0.389 e. The number of halogens is 1. The van der Waals surface area contributed by atoms with E-state index in [1.54, 1.807) is 14.0 Å². The Morgan fingerprint density at radius 2 is 2.19 bits per heavy atom. The van der Waals surface area contributed by atoms with Crippen molar-refractivity contribution in [1.82, 2.24) is 0 Å². The second-order valence-corrected chi connectivity index (χ2v) is 4.33. The van der Waals surface area contributed by atoms with Crippen molar-refractivity contribution in [2.75, 3.05) is 7.11 Å². The van der Waals surface area contributed by atoms with E-state index >= 15 is 0 Å². The summed E-state index contributed by atoms with van der Waals surface area (Å²) >= 11 is 3.42. The summed E-state index contributed by atoms with van der Waals surface area (Å²) in [4.78, 5) is 0. The number of hydrogen-bond donors (Lipinski definition) is 2. The summed E-state index contributed by atoms with van der Waals surface area (Å²) in [5.41, 5.74) is 9.79. The predicted molar refractivity (Wildman–Crippen MR) is 68.3 cm³/mol. The summed E-state index contributed by atoms with van der Waals surface area (Å²) in [7, 11) is 1.66. The maximum Gasteiger partial charge on any atom is 0.0765 e. The van der Waals surface area contributed by atoms with Crippen molar-refractivity contribution in [3.63, 3.8) is 0 Å². The van der Waals surface area contributed by atoms with Gasteiger partial charge in [0.25, 0.3) is 0 Å². The highest BCUT2D eigenvalue weighted by atomic mass is 79.9. The molecule has 0 saturated carbocycles. The number of nitrogens with two attached hydrogens (primary N) is 1. The normalized spacial score (nSPS) is 12.8. The fourth-order valence-corrected chi connectivity index (χ4v) is 2.13. The van der Waals surface area contributed by atoms with Gasteiger partial charge in [-0.2, -0.15) is 0 Å². The molecule has 0 aliphatic rings. The molecule has 0 aromatic heterocycles. The Labute approximate surface area is 105 Å². The first-order valence-electron chi connectivity index (χ1n) is 5.21. The number of hydrogen-bond acceptors (Lipinski definition) is 3. The molecule has 3 N–H and O–H groups in total. The van der Waals surface area contributed by atoms with Crippen LogP contribution in [0.15, 0.2) is 12.1 Å². The topological polar surface area (TPSA) is 55.5 Å². The van der Waals surface area contributed by atoms with Crippen molar-refractivity contribution in [2.45, 2.75) is 31.5 Å². The van der Waals surface area contributed by atoms with Crippen LogP contribution in [-0.2, 0) is 23.2 Å². The molecule has 1 aromatic rings. The average molecular weight is 288 g/mol. The van der Waals surface area contributed by atoms with Gasteiger partial charge >= 0.3 is 0 Å². The lowest BCUT2D eigenvalue weighted by molar-refractivity contribution is 0.181. The highest BCUT2D eigenvalue weighted by Gasteiger charge is 2.13. The molecule has 0 bridgehead atoms. The number of methoxy groups -OCH3 is 1. The van der Waals surface area contributed by atoms with Crippen molar-refractivity contribution in [3.05, 3.63) is 34.4 Å². The second kappa shape index (κ2) is 6.35. The minimum atomic E-state index is -0.506. The van der Waals surface area contributed by atoms with Gasteiger partial charge in [-0.3, -0.25) is 0 Å². The maximum atomic E-state index is 9.74. The molecule has 3 nitrogen and oxygen atoms in total. The first-order chi connectivity index (χ1) is 7.63. The van der Waals surface area contributed by atoms with E-state index < -0.39 is 6.10 Å². The molecule has 1 atom stereocenters. The molecule has 1 rings (SSSR count). The van der Waals surface area contributed by atoms with E-state index in [1.165, 1.54) is 0 Å². The maximum absolute atomic E-state index is 9.74. The first kappa shape index (κ1) is 13.6. The molecule has 4 heteroatoms. The van der Waals surface area contributed by atoms with Gasteiger partial charge in [0.1, 0.15) is 0 Å². The monoisotopic (exact) mass is 287 g/mol. The fourth-order valence-electron chi connectivity index (χ4n) is 1.81. The van der Waals surface area contributed by atoms with E-state index in [2.05, 4.69) is 22.0 Å². The third-order valence-corrected chi connectivity index (χ3v) is 3.19. The van der Waals surface area contributed by atoms with Crippen LogP contribution < -0.4 is 5.73 Å². The average Bonchev–Trinajstić information content (AvgIpc) is 2.28. The number of ether oxygens (including phenoxy) is 1. The summed E-state index contributed by atoms with van der Waals surface area (Å²) in [5.74, 6) is 0. The minimum absolute atomic E-state index is 0.418. The second-order valence-electron chi connectivity index (χ2n) is 3.77. The van der Waals surface area contributed by atoms with Gasteiger partial charge in [-0.05, 0) is 29.2 Å². The molecule has 1 aromatic carbocycles. The van der Waals surface area contributed by atoms with Gasteiger partial charge in [-0.1, -0.05) is 28.1 Å². The third kappa shape index (κ3) is 3.04. The molecule has 0 amide bonds. The Hall–Kier alpha value is -0.420. The van der Waals surface area contributed by atoms with Crippen LogP contribution in [0.1, 0.15) is 35.3 Å². The van der Waals surface area contributed by atoms with Crippen LogP contribution in [0.3, 0.4) is 0 Å². The van der Waals surface area contributed by atoms with Gasteiger partial charge in [-0.25, -0.2) is 0 Å². The predicted octanol–water partition coefficient (Wildman–Crippen LogP) is 2.24. The van der Waals surface area contributed by atoms with Gasteiger partial charge < -0.3 is 15.6 Å². The molecule has 16 heavy (non-hydrogen) atoms. The van der Waals surface area contributed by atoms with Gasteiger partial charge in [-0.15, -0.1) is 0 Å². The van der Waals surface area contributed by atoms with E-state index in [-0.39, 0.29) is 0 Å². The summed E-state index contributed by atoms with van der Waals surface area (Å²) in [6.07, 6.45) is -0.506. The van der Waals surface area contributed by atoms with Crippen molar-refractivity contribution in [2.24, 2.45) is 5.73 Å². The van der Waals surface area contributed by atoms with E-state index in [1.807, 2.05) is 6.07 Å². The Balaban J connectivity index is 3.28. The third-order valence-electron chi connectivity index (χ3n) is 2.54. The van der Waals surface area contributed by atoms with Crippen molar-refractivity contribution >= 4 is 15.9 Å². The molecule has 0 heterocycles. The standard InChI is InChI=1S/C12H18BrNO2/c1-8(15)11-4-9(5-13)3-10(7-16-2)12(11)6-14/h3-4,8,15H,5-7,14H2,1-2H3. The van der Waals surface area contributed by atoms with E-state index in [4.69, 9.17) is 10.5 Å². The Bertz CT molecular complexity index is 353. The molecule has 0 aliphatic heterocycles. The van der Waals surface area contributed by atoms with Crippen molar-refractivity contribution in [3.8, 4) is 0 Å². The van der Waals surface area contributed by atoms with E-state index in [0.717, 1.165) is 27.6 Å². The Morgan fingerprint density at radius 3 is 2.62 bits per heavy atom. The number of rotatable bonds is 5. The van der Waals surface area contributed by atoms with Gasteiger partial charge in [0.05, 0.1) is 12.7 Å². The van der Waals surface area contributed by atoms with Crippen LogP contribution in [0.4, 0.5) is 0 Å². The zero-order chi connectivity index (χ0) is 12.1. The van der Waals surface area contributed by atoms with Crippen LogP contribution in [0.2, 0.25) is 0 Å². The van der Waals surface area contributed by atoms with Gasteiger partial charge in [0, 0.05) is 19.0 Å². The zero-order valence-electron chi connectivity index (χ0n) is 9.66.